The van der Waals surface area contributed by atoms with E-state index in [4.69, 9.17) is 9.98 Å². The van der Waals surface area contributed by atoms with Gasteiger partial charge in [0.15, 0.2) is 5.84 Å². The van der Waals surface area contributed by atoms with Gasteiger partial charge in [0, 0.05) is 33.0 Å². The van der Waals surface area contributed by atoms with Crippen molar-refractivity contribution in [2.24, 2.45) is 15.0 Å². The first kappa shape index (κ1) is 39.9. The molecule has 67 heavy (non-hydrogen) atoms. The number of aliphatic imine (C=N–C) groups is 3. The number of anilines is 2. The molecule has 0 saturated heterocycles. The number of benzene rings is 9. The zero-order valence-electron chi connectivity index (χ0n) is 36.9. The molecule has 0 fully saturated rings. The highest BCUT2D eigenvalue weighted by molar-refractivity contribution is 6.25. The van der Waals surface area contributed by atoms with Crippen LogP contribution in [0.25, 0.3) is 82.8 Å². The molecule has 0 bridgehead atoms. The number of fused-ring (bicyclic) bond motifs is 5. The molecular formula is C62H45N5. The Hall–Kier alpha value is -8.67. The summed E-state index contributed by atoms with van der Waals surface area (Å²) >= 11 is 0. The van der Waals surface area contributed by atoms with E-state index in [1.54, 1.807) is 0 Å². The second-order valence-corrected chi connectivity index (χ2v) is 17.2. The smallest absolute Gasteiger partial charge is 0.232 e. The van der Waals surface area contributed by atoms with Crippen LogP contribution in [0.5, 0.6) is 0 Å². The lowest BCUT2D eigenvalue weighted by Crippen LogP contribution is -2.28. The molecule has 5 heteroatoms. The van der Waals surface area contributed by atoms with Crippen LogP contribution in [0.15, 0.2) is 245 Å². The highest BCUT2D eigenvalue weighted by Crippen LogP contribution is 2.51. The molecule has 2 aliphatic rings. The largest absolute Gasteiger partial charge is 0.309 e. The Labute approximate surface area is 390 Å². The van der Waals surface area contributed by atoms with Crippen LogP contribution in [0.2, 0.25) is 0 Å². The molecule has 0 radical (unpaired) electrons. The van der Waals surface area contributed by atoms with Crippen molar-refractivity contribution in [1.29, 1.82) is 0 Å². The molecule has 1 aromatic heterocycles. The van der Waals surface area contributed by atoms with Gasteiger partial charge >= 0.3 is 0 Å². The topological polar surface area (TPSA) is 45.2 Å². The molecule has 2 heterocycles. The summed E-state index contributed by atoms with van der Waals surface area (Å²) in [7, 11) is 0. The molecular weight excluding hydrogens is 815 g/mol. The zero-order valence-corrected chi connectivity index (χ0v) is 36.9. The molecule has 318 valence electrons. The molecule has 0 spiro atoms. The SMILES string of the molecule is C=N/C(=N\C(=NCc1ccccc1)N1c2cc3c(cc2-c2cccc4cccc1c24)c1cc(-c2cc(-c4ccccc4)cc(-c4ccccc4)c2)ccc1n3-c1ccccc1)C1=CCCC=C1. The predicted molar refractivity (Wildman–Crippen MR) is 283 cm³/mol. The Bertz CT molecular complexity index is 3590. The Morgan fingerprint density at radius 1 is 0.507 bits per heavy atom. The van der Waals surface area contributed by atoms with Crippen molar-refractivity contribution in [3.63, 3.8) is 0 Å². The van der Waals surface area contributed by atoms with Gasteiger partial charge in [0.2, 0.25) is 5.96 Å². The van der Waals surface area contributed by atoms with Gasteiger partial charge < -0.3 is 4.57 Å². The number of para-hydroxylation sites is 1. The molecule has 0 saturated carbocycles. The zero-order chi connectivity index (χ0) is 44.7. The Kier molecular flexibility index (Phi) is 10.1. The lowest BCUT2D eigenvalue weighted by molar-refractivity contribution is 1.03. The van der Waals surface area contributed by atoms with Gasteiger partial charge in [0.25, 0.3) is 0 Å². The summed E-state index contributed by atoms with van der Waals surface area (Å²) in [6, 6.07) is 74.3. The van der Waals surface area contributed by atoms with Gasteiger partial charge in [0.1, 0.15) is 0 Å². The third-order valence-electron chi connectivity index (χ3n) is 13.1. The highest BCUT2D eigenvalue weighted by Gasteiger charge is 2.30. The summed E-state index contributed by atoms with van der Waals surface area (Å²) in [6.45, 7) is 4.46. The van der Waals surface area contributed by atoms with E-state index in [9.17, 15) is 0 Å². The predicted octanol–water partition coefficient (Wildman–Crippen LogP) is 16.0. The fourth-order valence-corrected chi connectivity index (χ4v) is 9.92. The molecule has 5 nitrogen and oxygen atoms in total. The first-order valence-electron chi connectivity index (χ1n) is 23.0. The van der Waals surface area contributed by atoms with Crippen molar-refractivity contribution in [1.82, 2.24) is 4.57 Å². The van der Waals surface area contributed by atoms with Crippen LogP contribution in [0.1, 0.15) is 18.4 Å². The van der Waals surface area contributed by atoms with Crippen molar-refractivity contribution >= 4 is 62.5 Å². The molecule has 12 rings (SSSR count). The van der Waals surface area contributed by atoms with E-state index >= 15 is 0 Å². The van der Waals surface area contributed by atoms with Gasteiger partial charge in [-0.1, -0.05) is 164 Å². The lowest BCUT2D eigenvalue weighted by Gasteiger charge is -2.33. The number of amidine groups is 1. The Morgan fingerprint density at radius 2 is 1.15 bits per heavy atom. The summed E-state index contributed by atoms with van der Waals surface area (Å²) in [6.07, 6.45) is 8.38. The summed E-state index contributed by atoms with van der Waals surface area (Å²) in [5.41, 5.74) is 16.7. The van der Waals surface area contributed by atoms with Crippen LogP contribution >= 0.6 is 0 Å². The molecule has 1 aliphatic carbocycles. The Morgan fingerprint density at radius 3 is 1.82 bits per heavy atom. The number of guanidine groups is 1. The van der Waals surface area contributed by atoms with E-state index in [2.05, 4.69) is 240 Å². The summed E-state index contributed by atoms with van der Waals surface area (Å²) in [5, 5.41) is 4.64. The van der Waals surface area contributed by atoms with Crippen molar-refractivity contribution in [2.75, 3.05) is 4.90 Å². The maximum absolute atomic E-state index is 5.37. The van der Waals surface area contributed by atoms with Gasteiger partial charge in [-0.2, -0.15) is 4.99 Å². The third-order valence-corrected chi connectivity index (χ3v) is 13.1. The minimum Gasteiger partial charge on any atom is -0.309 e. The average Bonchev–Trinajstić information content (AvgIpc) is 3.72. The third kappa shape index (κ3) is 7.27. The molecule has 10 aromatic rings. The molecule has 9 aromatic carbocycles. The summed E-state index contributed by atoms with van der Waals surface area (Å²) < 4.78 is 2.40. The van der Waals surface area contributed by atoms with E-state index in [0.717, 1.165) is 84.9 Å². The number of allylic oxidation sites excluding steroid dienone is 2. The number of hydrogen-bond acceptors (Lipinski definition) is 1. The quantitative estimate of drug-likeness (QED) is 0.116. The number of nitrogens with zero attached hydrogens (tertiary/aromatic N) is 5. The molecule has 1 aliphatic heterocycles. The Balaban J connectivity index is 1.13. The monoisotopic (exact) mass is 859 g/mol. The second-order valence-electron chi connectivity index (χ2n) is 17.2. The van der Waals surface area contributed by atoms with Gasteiger partial charge in [-0.05, 0) is 130 Å². The standard InChI is InChI=1S/C62H45N5/c1-63-61(46-25-13-5-14-26-46)65-62(64-41-42-19-7-2-8-20-42)67-57-32-18-28-45-27-17-31-52(60(45)57)54-39-55-53-38-47(33-34-56(53)66(58(55)40-59(54)67)51-29-15-6-16-30-51)50-36-48(43-21-9-3-10-22-43)35-49(37-50)44-23-11-4-12-24-44/h2-4,6-13,15-40H,1,5,14,41H2/b64-62?,65-61-. The van der Waals surface area contributed by atoms with Crippen LogP contribution in [0.3, 0.4) is 0 Å². The molecule has 0 atom stereocenters. The van der Waals surface area contributed by atoms with E-state index < -0.39 is 0 Å². The first-order valence-corrected chi connectivity index (χ1v) is 23.0. The minimum absolute atomic E-state index is 0.440. The maximum atomic E-state index is 5.37. The first-order chi connectivity index (χ1) is 33.2. The number of hydrogen-bond donors (Lipinski definition) is 0. The molecule has 0 unspecified atom stereocenters. The second kappa shape index (κ2) is 17.0. The average molecular weight is 860 g/mol. The van der Waals surface area contributed by atoms with Crippen LogP contribution in [-0.4, -0.2) is 23.1 Å². The van der Waals surface area contributed by atoms with Crippen LogP contribution in [-0.2, 0) is 6.54 Å². The number of aromatic nitrogens is 1. The van der Waals surface area contributed by atoms with Crippen molar-refractivity contribution in [3.8, 4) is 50.2 Å². The normalized spacial score (nSPS) is 13.6. The van der Waals surface area contributed by atoms with Crippen LogP contribution in [0.4, 0.5) is 11.4 Å². The van der Waals surface area contributed by atoms with Crippen LogP contribution in [0, 0.1) is 0 Å². The highest BCUT2D eigenvalue weighted by atomic mass is 15.3. The van der Waals surface area contributed by atoms with E-state index in [-0.39, 0.29) is 0 Å². The van der Waals surface area contributed by atoms with E-state index in [1.165, 1.54) is 33.2 Å². The van der Waals surface area contributed by atoms with Gasteiger partial charge in [-0.3, -0.25) is 4.90 Å². The van der Waals surface area contributed by atoms with Gasteiger partial charge in [0.05, 0.1) is 29.0 Å². The van der Waals surface area contributed by atoms with Crippen molar-refractivity contribution in [2.45, 2.75) is 19.4 Å². The molecule has 0 N–H and O–H groups in total. The fourth-order valence-electron chi connectivity index (χ4n) is 9.92. The van der Waals surface area contributed by atoms with Gasteiger partial charge in [-0.15, -0.1) is 0 Å². The summed E-state index contributed by atoms with van der Waals surface area (Å²) in [4.78, 5) is 17.5. The molecule has 0 amide bonds. The summed E-state index contributed by atoms with van der Waals surface area (Å²) in [5.74, 6) is 1.10. The van der Waals surface area contributed by atoms with Gasteiger partial charge in [-0.25, -0.2) is 9.98 Å². The van der Waals surface area contributed by atoms with Crippen LogP contribution < -0.4 is 4.90 Å². The number of rotatable bonds is 7. The van der Waals surface area contributed by atoms with Crippen molar-refractivity contribution < 1.29 is 0 Å². The maximum Gasteiger partial charge on any atom is 0.232 e. The lowest BCUT2D eigenvalue weighted by atomic mass is 9.90. The fraction of sp³-hybridized carbons (Fsp3) is 0.0484. The minimum atomic E-state index is 0.440. The van der Waals surface area contributed by atoms with Crippen molar-refractivity contribution in [3.05, 3.63) is 236 Å². The van der Waals surface area contributed by atoms with E-state index in [0.29, 0.717) is 18.3 Å². The van der Waals surface area contributed by atoms with E-state index in [1.807, 2.05) is 6.07 Å².